The summed E-state index contributed by atoms with van der Waals surface area (Å²) in [6, 6.07) is 5.75. The van der Waals surface area contributed by atoms with Gasteiger partial charge in [-0.2, -0.15) is 0 Å². The molecule has 0 heterocycles. The molecule has 0 amide bonds. The maximum absolute atomic E-state index is 12.2. The van der Waals surface area contributed by atoms with Crippen LogP contribution in [0.5, 0.6) is 5.75 Å². The third kappa shape index (κ3) is 3.59. The molecule has 18 heavy (non-hydrogen) atoms. The lowest BCUT2D eigenvalue weighted by molar-refractivity contribution is 0.0970. The highest BCUT2D eigenvalue weighted by atomic mass is 16.5. The fourth-order valence-corrected chi connectivity index (χ4v) is 2.31. The molecule has 2 nitrogen and oxygen atoms in total. The van der Waals surface area contributed by atoms with Crippen molar-refractivity contribution < 1.29 is 9.53 Å². The molecule has 0 radical (unpaired) electrons. The second kappa shape index (κ2) is 7.20. The highest BCUT2D eigenvalue weighted by Crippen LogP contribution is 2.25. The molecule has 0 aliphatic heterocycles. The standard InChI is InChI=1S/C16H24O2/c1-5-13(6-2)10-11-15(17)14-9-7-8-12(3)16(14)18-4/h7-9,13H,5-6,10-11H2,1-4H3. The molecule has 0 unspecified atom stereocenters. The van der Waals surface area contributed by atoms with Crippen molar-refractivity contribution in [2.45, 2.75) is 46.5 Å². The molecule has 1 aromatic rings. The summed E-state index contributed by atoms with van der Waals surface area (Å²) in [6.45, 7) is 6.34. The smallest absolute Gasteiger partial charge is 0.166 e. The Bertz CT molecular complexity index is 392. The maximum Gasteiger partial charge on any atom is 0.166 e. The molecule has 0 atom stereocenters. The van der Waals surface area contributed by atoms with Crippen molar-refractivity contribution in [2.24, 2.45) is 5.92 Å². The summed E-state index contributed by atoms with van der Waals surface area (Å²) in [5.41, 5.74) is 1.74. The van der Waals surface area contributed by atoms with Gasteiger partial charge in [-0.3, -0.25) is 4.79 Å². The molecule has 0 N–H and O–H groups in total. The van der Waals surface area contributed by atoms with E-state index in [1.54, 1.807) is 7.11 Å². The van der Waals surface area contributed by atoms with Gasteiger partial charge in [0, 0.05) is 6.42 Å². The number of Topliss-reactive ketones (excluding diaryl/α,β-unsaturated/α-hetero) is 1. The molecule has 0 spiro atoms. The summed E-state index contributed by atoms with van der Waals surface area (Å²) >= 11 is 0. The van der Waals surface area contributed by atoms with Gasteiger partial charge < -0.3 is 4.74 Å². The first-order valence-corrected chi connectivity index (χ1v) is 6.80. The van der Waals surface area contributed by atoms with Crippen molar-refractivity contribution in [3.8, 4) is 5.75 Å². The van der Waals surface area contributed by atoms with Gasteiger partial charge in [0.25, 0.3) is 0 Å². The Morgan fingerprint density at radius 1 is 1.28 bits per heavy atom. The van der Waals surface area contributed by atoms with Crippen LogP contribution in [-0.4, -0.2) is 12.9 Å². The van der Waals surface area contributed by atoms with E-state index in [0.717, 1.165) is 36.1 Å². The quantitative estimate of drug-likeness (QED) is 0.668. The molecule has 0 aliphatic carbocycles. The van der Waals surface area contributed by atoms with Gasteiger partial charge in [-0.25, -0.2) is 0 Å². The number of methoxy groups -OCH3 is 1. The molecule has 0 aliphatic rings. The summed E-state index contributed by atoms with van der Waals surface area (Å²) < 4.78 is 5.34. The van der Waals surface area contributed by atoms with Crippen LogP contribution in [0, 0.1) is 12.8 Å². The second-order valence-corrected chi connectivity index (χ2v) is 4.80. The summed E-state index contributed by atoms with van der Waals surface area (Å²) in [7, 11) is 1.63. The molecule has 0 fully saturated rings. The van der Waals surface area contributed by atoms with Gasteiger partial charge in [0.05, 0.1) is 12.7 Å². The summed E-state index contributed by atoms with van der Waals surface area (Å²) in [4.78, 5) is 12.2. The Kier molecular flexibility index (Phi) is 5.90. The van der Waals surface area contributed by atoms with Crippen LogP contribution < -0.4 is 4.74 Å². The molecule has 1 aromatic carbocycles. The zero-order chi connectivity index (χ0) is 13.5. The Labute approximate surface area is 110 Å². The summed E-state index contributed by atoms with van der Waals surface area (Å²) in [5, 5.41) is 0. The van der Waals surface area contributed by atoms with Gasteiger partial charge >= 0.3 is 0 Å². The first-order chi connectivity index (χ1) is 8.63. The van der Waals surface area contributed by atoms with Gasteiger partial charge in [-0.15, -0.1) is 0 Å². The topological polar surface area (TPSA) is 26.3 Å². The fourth-order valence-electron chi connectivity index (χ4n) is 2.31. The Morgan fingerprint density at radius 3 is 2.50 bits per heavy atom. The van der Waals surface area contributed by atoms with Crippen molar-refractivity contribution in [1.29, 1.82) is 0 Å². The van der Waals surface area contributed by atoms with E-state index < -0.39 is 0 Å². The number of ketones is 1. The van der Waals surface area contributed by atoms with Crippen molar-refractivity contribution in [3.63, 3.8) is 0 Å². The number of para-hydroxylation sites is 1. The van der Waals surface area contributed by atoms with E-state index in [9.17, 15) is 4.79 Å². The van der Waals surface area contributed by atoms with Crippen LogP contribution in [0.25, 0.3) is 0 Å². The normalized spacial score (nSPS) is 10.7. The molecule has 1 rings (SSSR count). The van der Waals surface area contributed by atoms with Crippen LogP contribution in [0.2, 0.25) is 0 Å². The monoisotopic (exact) mass is 248 g/mol. The molecule has 2 heteroatoms. The summed E-state index contributed by atoms with van der Waals surface area (Å²) in [5.74, 6) is 1.58. The number of aryl methyl sites for hydroxylation is 1. The lowest BCUT2D eigenvalue weighted by Gasteiger charge is -2.13. The van der Waals surface area contributed by atoms with Gasteiger partial charge in [0.2, 0.25) is 0 Å². The van der Waals surface area contributed by atoms with E-state index in [4.69, 9.17) is 4.74 Å². The molecule has 0 aromatic heterocycles. The first kappa shape index (κ1) is 14.7. The molecular weight excluding hydrogens is 224 g/mol. The van der Waals surface area contributed by atoms with Crippen molar-refractivity contribution in [3.05, 3.63) is 29.3 Å². The number of ether oxygens (including phenoxy) is 1. The highest BCUT2D eigenvalue weighted by molar-refractivity contribution is 5.99. The maximum atomic E-state index is 12.2. The number of carbonyl (C=O) groups excluding carboxylic acids is 1. The average molecular weight is 248 g/mol. The number of hydrogen-bond donors (Lipinski definition) is 0. The highest BCUT2D eigenvalue weighted by Gasteiger charge is 2.15. The van der Waals surface area contributed by atoms with Crippen LogP contribution in [0.15, 0.2) is 18.2 Å². The number of carbonyl (C=O) groups is 1. The van der Waals surface area contributed by atoms with Crippen LogP contribution in [0.1, 0.15) is 55.5 Å². The predicted octanol–water partition coefficient (Wildman–Crippen LogP) is 4.40. The SMILES string of the molecule is CCC(CC)CCC(=O)c1cccc(C)c1OC. The molecule has 0 saturated carbocycles. The minimum absolute atomic E-state index is 0.197. The Morgan fingerprint density at radius 2 is 1.94 bits per heavy atom. The Hall–Kier alpha value is -1.31. The molecule has 0 bridgehead atoms. The third-order valence-electron chi connectivity index (χ3n) is 3.65. The van der Waals surface area contributed by atoms with Crippen LogP contribution >= 0.6 is 0 Å². The van der Waals surface area contributed by atoms with Crippen molar-refractivity contribution in [1.82, 2.24) is 0 Å². The zero-order valence-corrected chi connectivity index (χ0v) is 12.0. The van der Waals surface area contributed by atoms with Crippen LogP contribution in [-0.2, 0) is 0 Å². The lowest BCUT2D eigenvalue weighted by Crippen LogP contribution is -2.06. The fraction of sp³-hybridized carbons (Fsp3) is 0.562. The number of benzene rings is 1. The first-order valence-electron chi connectivity index (χ1n) is 6.80. The Balaban J connectivity index is 2.75. The molecule has 100 valence electrons. The van der Waals surface area contributed by atoms with E-state index in [1.165, 1.54) is 0 Å². The lowest BCUT2D eigenvalue weighted by atomic mass is 9.94. The van der Waals surface area contributed by atoms with E-state index >= 15 is 0 Å². The largest absolute Gasteiger partial charge is 0.496 e. The average Bonchev–Trinajstić information content (AvgIpc) is 2.39. The van der Waals surface area contributed by atoms with Crippen LogP contribution in [0.4, 0.5) is 0 Å². The predicted molar refractivity (Wildman–Crippen MR) is 75.4 cm³/mol. The van der Waals surface area contributed by atoms with Gasteiger partial charge in [-0.1, -0.05) is 38.8 Å². The van der Waals surface area contributed by atoms with Gasteiger partial charge in [0.15, 0.2) is 5.78 Å². The van der Waals surface area contributed by atoms with E-state index in [0.29, 0.717) is 12.3 Å². The molecule has 0 saturated heterocycles. The second-order valence-electron chi connectivity index (χ2n) is 4.80. The minimum Gasteiger partial charge on any atom is -0.496 e. The van der Waals surface area contributed by atoms with Crippen molar-refractivity contribution in [2.75, 3.05) is 7.11 Å². The number of hydrogen-bond acceptors (Lipinski definition) is 2. The van der Waals surface area contributed by atoms with E-state index in [2.05, 4.69) is 13.8 Å². The van der Waals surface area contributed by atoms with Gasteiger partial charge in [-0.05, 0) is 30.9 Å². The molecular formula is C16H24O2. The third-order valence-corrected chi connectivity index (χ3v) is 3.65. The number of rotatable bonds is 7. The van der Waals surface area contributed by atoms with E-state index in [-0.39, 0.29) is 5.78 Å². The van der Waals surface area contributed by atoms with Crippen molar-refractivity contribution >= 4 is 5.78 Å². The van der Waals surface area contributed by atoms with Gasteiger partial charge in [0.1, 0.15) is 5.75 Å². The summed E-state index contributed by atoms with van der Waals surface area (Å²) in [6.07, 6.45) is 3.89. The minimum atomic E-state index is 0.197. The van der Waals surface area contributed by atoms with Crippen LogP contribution in [0.3, 0.4) is 0 Å². The van der Waals surface area contributed by atoms with E-state index in [1.807, 2.05) is 25.1 Å². The zero-order valence-electron chi connectivity index (χ0n) is 12.0.